The first-order chi connectivity index (χ1) is 12.1. The minimum Gasteiger partial charge on any atom is -0.484 e. The van der Waals surface area contributed by atoms with Crippen LogP contribution in [-0.4, -0.2) is 17.5 Å². The first kappa shape index (κ1) is 17.6. The van der Waals surface area contributed by atoms with Crippen molar-refractivity contribution in [3.63, 3.8) is 0 Å². The van der Waals surface area contributed by atoms with E-state index >= 15 is 0 Å². The van der Waals surface area contributed by atoms with Gasteiger partial charge in [-0.2, -0.15) is 0 Å². The summed E-state index contributed by atoms with van der Waals surface area (Å²) < 4.78 is 6.50. The number of aromatic nitrogens is 1. The van der Waals surface area contributed by atoms with Gasteiger partial charge in [-0.05, 0) is 36.8 Å². The summed E-state index contributed by atoms with van der Waals surface area (Å²) in [7, 11) is 0. The number of nitrogens with zero attached hydrogens (tertiary/aromatic N) is 1. The van der Waals surface area contributed by atoms with Crippen molar-refractivity contribution in [3.05, 3.63) is 75.2 Å². The first-order valence-electron chi connectivity index (χ1n) is 7.78. The van der Waals surface area contributed by atoms with Crippen molar-refractivity contribution in [2.24, 2.45) is 0 Å². The third kappa shape index (κ3) is 5.14. The molecule has 1 heterocycles. The van der Waals surface area contributed by atoms with Gasteiger partial charge in [0.25, 0.3) is 5.91 Å². The molecule has 2 aromatic carbocycles. The van der Waals surface area contributed by atoms with Crippen molar-refractivity contribution in [2.45, 2.75) is 13.3 Å². The predicted octanol–water partition coefficient (Wildman–Crippen LogP) is 4.82. The van der Waals surface area contributed by atoms with Crippen LogP contribution in [-0.2, 0) is 11.2 Å². The molecule has 6 heteroatoms. The highest BCUT2D eigenvalue weighted by molar-refractivity contribution is 9.10. The van der Waals surface area contributed by atoms with Crippen LogP contribution in [0, 0.1) is 6.92 Å². The number of rotatable bonds is 6. The fourth-order valence-electron chi connectivity index (χ4n) is 2.30. The van der Waals surface area contributed by atoms with E-state index in [1.807, 2.05) is 49.4 Å². The Morgan fingerprint density at radius 1 is 1.20 bits per heavy atom. The van der Waals surface area contributed by atoms with Gasteiger partial charge in [-0.25, -0.2) is 4.98 Å². The second kappa shape index (κ2) is 8.27. The number of thiazole rings is 1. The second-order valence-electron chi connectivity index (χ2n) is 5.48. The molecule has 1 amide bonds. The van der Waals surface area contributed by atoms with Gasteiger partial charge in [0.05, 0.1) is 5.69 Å². The molecule has 3 aromatic rings. The van der Waals surface area contributed by atoms with Gasteiger partial charge >= 0.3 is 0 Å². The van der Waals surface area contributed by atoms with Crippen LogP contribution in [0.3, 0.4) is 0 Å². The molecule has 0 bridgehead atoms. The minimum absolute atomic E-state index is 0.0381. The Hall–Kier alpha value is -2.18. The summed E-state index contributed by atoms with van der Waals surface area (Å²) >= 11 is 4.98. The molecular formula is C19H17BrN2O2S. The van der Waals surface area contributed by atoms with Gasteiger partial charge in [0, 0.05) is 15.8 Å². The number of benzene rings is 2. The highest BCUT2D eigenvalue weighted by Crippen LogP contribution is 2.26. The number of hydrogen-bond acceptors (Lipinski definition) is 4. The van der Waals surface area contributed by atoms with Crippen LogP contribution in [0.5, 0.6) is 5.75 Å². The maximum Gasteiger partial charge on any atom is 0.264 e. The Labute approximate surface area is 159 Å². The molecule has 0 aliphatic rings. The van der Waals surface area contributed by atoms with Crippen LogP contribution >= 0.6 is 27.3 Å². The lowest BCUT2D eigenvalue weighted by Gasteiger charge is -2.05. The van der Waals surface area contributed by atoms with Gasteiger partial charge in [-0.1, -0.05) is 46.3 Å². The maximum atomic E-state index is 12.0. The van der Waals surface area contributed by atoms with E-state index in [0.29, 0.717) is 10.9 Å². The number of nitrogens with one attached hydrogen (secondary N) is 1. The Bertz CT molecular complexity index is 865. The van der Waals surface area contributed by atoms with E-state index in [9.17, 15) is 4.79 Å². The van der Waals surface area contributed by atoms with E-state index in [1.54, 1.807) is 0 Å². The average molecular weight is 417 g/mol. The molecule has 0 atom stereocenters. The van der Waals surface area contributed by atoms with Gasteiger partial charge in [0.15, 0.2) is 11.7 Å². The highest BCUT2D eigenvalue weighted by Gasteiger charge is 2.11. The van der Waals surface area contributed by atoms with E-state index < -0.39 is 0 Å². The Morgan fingerprint density at radius 2 is 2.00 bits per heavy atom. The lowest BCUT2D eigenvalue weighted by atomic mass is 10.1. The van der Waals surface area contributed by atoms with Gasteiger partial charge in [0.2, 0.25) is 0 Å². The number of carbonyl (C=O) groups is 1. The topological polar surface area (TPSA) is 51.2 Å². The molecule has 0 radical (unpaired) electrons. The quantitative estimate of drug-likeness (QED) is 0.626. The van der Waals surface area contributed by atoms with Gasteiger partial charge < -0.3 is 4.74 Å². The number of halogens is 1. The van der Waals surface area contributed by atoms with Crippen molar-refractivity contribution < 1.29 is 9.53 Å². The zero-order valence-corrected chi connectivity index (χ0v) is 16.1. The molecule has 0 aliphatic heterocycles. The molecule has 0 unspecified atom stereocenters. The van der Waals surface area contributed by atoms with E-state index in [-0.39, 0.29) is 12.5 Å². The molecule has 0 saturated heterocycles. The normalized spacial score (nSPS) is 10.5. The number of para-hydroxylation sites is 1. The second-order valence-corrected chi connectivity index (χ2v) is 7.48. The summed E-state index contributed by atoms with van der Waals surface area (Å²) in [6, 6.07) is 17.4. The molecule has 1 N–H and O–H groups in total. The van der Waals surface area contributed by atoms with Crippen LogP contribution in [0.15, 0.2) is 59.1 Å². The average Bonchev–Trinajstić information content (AvgIpc) is 2.93. The van der Waals surface area contributed by atoms with Crippen molar-refractivity contribution in [2.75, 3.05) is 11.9 Å². The molecule has 0 fully saturated rings. The third-order valence-electron chi connectivity index (χ3n) is 3.51. The lowest BCUT2D eigenvalue weighted by Crippen LogP contribution is -2.20. The van der Waals surface area contributed by atoms with Crippen molar-refractivity contribution >= 4 is 38.3 Å². The van der Waals surface area contributed by atoms with E-state index in [1.165, 1.54) is 16.9 Å². The Morgan fingerprint density at radius 3 is 2.76 bits per heavy atom. The lowest BCUT2D eigenvalue weighted by molar-refractivity contribution is -0.118. The molecule has 25 heavy (non-hydrogen) atoms. The number of anilines is 1. The largest absolute Gasteiger partial charge is 0.484 e. The molecule has 0 aliphatic carbocycles. The molecule has 4 nitrogen and oxygen atoms in total. The summed E-state index contributed by atoms with van der Waals surface area (Å²) in [5, 5.41) is 3.41. The standard InChI is InChI=1S/C19H17BrN2O2S/c1-13-17(11-14-6-5-7-15(20)10-14)25-19(21-13)22-18(23)12-24-16-8-3-2-4-9-16/h2-10H,11-12H2,1H3,(H,21,22,23). The molecular weight excluding hydrogens is 400 g/mol. The summed E-state index contributed by atoms with van der Waals surface area (Å²) in [5.41, 5.74) is 2.13. The number of amides is 1. The van der Waals surface area contributed by atoms with Crippen LogP contribution in [0.25, 0.3) is 0 Å². The summed E-state index contributed by atoms with van der Waals surface area (Å²) in [6.07, 6.45) is 0.791. The van der Waals surface area contributed by atoms with Gasteiger partial charge in [0.1, 0.15) is 5.75 Å². The Kier molecular flexibility index (Phi) is 5.83. The van der Waals surface area contributed by atoms with E-state index in [4.69, 9.17) is 4.74 Å². The molecule has 0 saturated carbocycles. The highest BCUT2D eigenvalue weighted by atomic mass is 79.9. The third-order valence-corrected chi connectivity index (χ3v) is 5.07. The van der Waals surface area contributed by atoms with Crippen LogP contribution in [0.2, 0.25) is 0 Å². The predicted molar refractivity (Wildman–Crippen MR) is 104 cm³/mol. The molecule has 0 spiro atoms. The number of ether oxygens (including phenoxy) is 1. The molecule has 3 rings (SSSR count). The van der Waals surface area contributed by atoms with Crippen molar-refractivity contribution in [1.29, 1.82) is 0 Å². The first-order valence-corrected chi connectivity index (χ1v) is 9.39. The van der Waals surface area contributed by atoms with Crippen molar-refractivity contribution in [3.8, 4) is 5.75 Å². The Balaban J connectivity index is 1.59. The SMILES string of the molecule is Cc1nc(NC(=O)COc2ccccc2)sc1Cc1cccc(Br)c1. The zero-order valence-electron chi connectivity index (χ0n) is 13.7. The van der Waals surface area contributed by atoms with E-state index in [0.717, 1.165) is 21.5 Å². The summed E-state index contributed by atoms with van der Waals surface area (Å²) in [4.78, 5) is 17.6. The molecule has 128 valence electrons. The van der Waals surface area contributed by atoms with Gasteiger partial charge in [-0.15, -0.1) is 11.3 Å². The minimum atomic E-state index is -0.216. The van der Waals surface area contributed by atoms with Crippen LogP contribution < -0.4 is 10.1 Å². The van der Waals surface area contributed by atoms with Crippen LogP contribution in [0.4, 0.5) is 5.13 Å². The summed E-state index contributed by atoms with van der Waals surface area (Å²) in [6.45, 7) is 1.92. The number of aryl methyl sites for hydroxylation is 1. The smallest absolute Gasteiger partial charge is 0.264 e. The molecule has 1 aromatic heterocycles. The maximum absolute atomic E-state index is 12.0. The number of hydrogen-bond donors (Lipinski definition) is 1. The fourth-order valence-corrected chi connectivity index (χ4v) is 3.76. The fraction of sp³-hybridized carbons (Fsp3) is 0.158. The number of carbonyl (C=O) groups excluding carboxylic acids is 1. The van der Waals surface area contributed by atoms with Crippen molar-refractivity contribution in [1.82, 2.24) is 4.98 Å². The van der Waals surface area contributed by atoms with E-state index in [2.05, 4.69) is 38.4 Å². The monoisotopic (exact) mass is 416 g/mol. The summed E-state index contributed by atoms with van der Waals surface area (Å²) in [5.74, 6) is 0.454. The van der Waals surface area contributed by atoms with Gasteiger partial charge in [-0.3, -0.25) is 10.1 Å². The zero-order chi connectivity index (χ0) is 17.6. The van der Waals surface area contributed by atoms with Crippen LogP contribution in [0.1, 0.15) is 16.1 Å².